The number of ketones is 1. The van der Waals surface area contributed by atoms with E-state index >= 15 is 0 Å². The van der Waals surface area contributed by atoms with Gasteiger partial charge in [-0.25, -0.2) is 8.42 Å². The highest BCUT2D eigenvalue weighted by atomic mass is 35.5. The van der Waals surface area contributed by atoms with E-state index in [4.69, 9.17) is 16.3 Å². The predicted molar refractivity (Wildman–Crippen MR) is 127 cm³/mol. The number of halogens is 1. The van der Waals surface area contributed by atoms with Crippen molar-refractivity contribution in [3.63, 3.8) is 0 Å². The van der Waals surface area contributed by atoms with Gasteiger partial charge in [0.25, 0.3) is 10.0 Å². The number of carbonyl (C=O) groups excluding carboxylic acids is 1. The maximum atomic E-state index is 13.1. The van der Waals surface area contributed by atoms with Crippen LogP contribution >= 0.6 is 11.6 Å². The van der Waals surface area contributed by atoms with Crippen LogP contribution < -0.4 is 9.46 Å². The van der Waals surface area contributed by atoms with Crippen LogP contribution in [0.15, 0.2) is 83.3 Å². The molecule has 0 bridgehead atoms. The van der Waals surface area contributed by atoms with Crippen molar-refractivity contribution in [1.29, 1.82) is 0 Å². The van der Waals surface area contributed by atoms with Crippen LogP contribution in [0.1, 0.15) is 38.1 Å². The van der Waals surface area contributed by atoms with Gasteiger partial charge in [-0.2, -0.15) is 0 Å². The summed E-state index contributed by atoms with van der Waals surface area (Å²) >= 11 is 6.10. The van der Waals surface area contributed by atoms with Crippen LogP contribution in [-0.2, 0) is 10.0 Å². The molecule has 0 heterocycles. The highest BCUT2D eigenvalue weighted by Crippen LogP contribution is 2.27. The minimum Gasteiger partial charge on any atom is -0.491 e. The van der Waals surface area contributed by atoms with E-state index in [1.54, 1.807) is 24.3 Å². The van der Waals surface area contributed by atoms with Gasteiger partial charge in [0.05, 0.1) is 16.7 Å². The molecule has 0 saturated heterocycles. The van der Waals surface area contributed by atoms with Crippen molar-refractivity contribution >= 4 is 33.1 Å². The van der Waals surface area contributed by atoms with Gasteiger partial charge in [0.2, 0.25) is 0 Å². The Morgan fingerprint density at radius 3 is 2.32 bits per heavy atom. The smallest absolute Gasteiger partial charge is 0.261 e. The Bertz CT molecular complexity index is 1130. The Labute approximate surface area is 189 Å². The summed E-state index contributed by atoms with van der Waals surface area (Å²) in [5, 5.41) is 0.316. The molecule has 0 aromatic heterocycles. The molecule has 2 aromatic rings. The van der Waals surface area contributed by atoms with E-state index in [9.17, 15) is 13.2 Å². The van der Waals surface area contributed by atoms with Gasteiger partial charge in [0.15, 0.2) is 5.78 Å². The number of anilines is 1. The quantitative estimate of drug-likeness (QED) is 0.275. The fourth-order valence-corrected chi connectivity index (χ4v) is 4.00. The van der Waals surface area contributed by atoms with Gasteiger partial charge < -0.3 is 4.74 Å². The summed E-state index contributed by atoms with van der Waals surface area (Å²) in [4.78, 5) is 13.2. The zero-order chi connectivity index (χ0) is 23.2. The van der Waals surface area contributed by atoms with Gasteiger partial charge in [-0.3, -0.25) is 9.52 Å². The second kappa shape index (κ2) is 10.5. The summed E-state index contributed by atoms with van der Waals surface area (Å²) in [6.07, 6.45) is 4.75. The summed E-state index contributed by atoms with van der Waals surface area (Å²) in [6.45, 7) is 11.1. The molecule has 0 radical (unpaired) electrons. The zero-order valence-electron chi connectivity index (χ0n) is 18.0. The molecule has 2 rings (SSSR count). The molecule has 0 aliphatic heterocycles. The Morgan fingerprint density at radius 1 is 1.13 bits per heavy atom. The Balaban J connectivity index is 2.43. The predicted octanol–water partition coefficient (Wildman–Crippen LogP) is 6.19. The lowest BCUT2D eigenvalue weighted by Gasteiger charge is -2.14. The van der Waals surface area contributed by atoms with Gasteiger partial charge in [-0.1, -0.05) is 42.0 Å². The van der Waals surface area contributed by atoms with Crippen LogP contribution in [0, 0.1) is 0 Å². The third-order valence-electron chi connectivity index (χ3n) is 3.98. The highest BCUT2D eigenvalue weighted by Gasteiger charge is 2.21. The lowest BCUT2D eigenvalue weighted by molar-refractivity contribution is 0.103. The average molecular weight is 460 g/mol. The molecule has 0 aliphatic rings. The van der Waals surface area contributed by atoms with E-state index in [0.717, 1.165) is 5.57 Å². The first-order valence-corrected chi connectivity index (χ1v) is 11.5. The van der Waals surface area contributed by atoms with Crippen LogP contribution in [0.3, 0.4) is 0 Å². The third-order valence-corrected chi connectivity index (χ3v) is 5.60. The Kier molecular flexibility index (Phi) is 8.25. The topological polar surface area (TPSA) is 72.5 Å². The number of hydrogen-bond acceptors (Lipinski definition) is 4. The number of nitrogens with one attached hydrogen (secondary N) is 1. The molecule has 0 atom stereocenters. The first-order chi connectivity index (χ1) is 14.5. The van der Waals surface area contributed by atoms with E-state index in [1.165, 1.54) is 36.4 Å². The molecule has 0 unspecified atom stereocenters. The van der Waals surface area contributed by atoms with Crippen LogP contribution in [-0.4, -0.2) is 20.3 Å². The maximum absolute atomic E-state index is 13.1. The van der Waals surface area contributed by atoms with Crippen molar-refractivity contribution in [2.45, 2.75) is 38.7 Å². The SMILES string of the molecule is C=C/C=C(\C=C(C)C)C(=O)c1cc(Cl)ccc1NS(=O)(=O)c1ccc(OC(C)C)cc1. The molecular formula is C24H26ClNO4S. The van der Waals surface area contributed by atoms with E-state index in [0.29, 0.717) is 16.3 Å². The van der Waals surface area contributed by atoms with Crippen LogP contribution in [0.4, 0.5) is 5.69 Å². The standard InChI is InChI=1S/C24H26ClNO4S/c1-6-7-18(14-16(2)3)24(27)22-15-19(25)8-13-23(22)26-31(28,29)21-11-9-20(10-12-21)30-17(4)5/h6-15,17,26H,1H2,2-5H3/b18-7+. The van der Waals surface area contributed by atoms with Gasteiger partial charge >= 0.3 is 0 Å². The van der Waals surface area contributed by atoms with E-state index in [1.807, 2.05) is 27.7 Å². The fourth-order valence-electron chi connectivity index (χ4n) is 2.75. The van der Waals surface area contributed by atoms with E-state index < -0.39 is 10.0 Å². The summed E-state index contributed by atoms with van der Waals surface area (Å²) in [5.74, 6) is 0.194. The van der Waals surface area contributed by atoms with Crippen molar-refractivity contribution in [2.24, 2.45) is 0 Å². The normalized spacial score (nSPS) is 11.7. The van der Waals surface area contributed by atoms with Gasteiger partial charge in [-0.15, -0.1) is 0 Å². The van der Waals surface area contributed by atoms with Crippen molar-refractivity contribution in [3.8, 4) is 5.75 Å². The summed E-state index contributed by atoms with van der Waals surface area (Å²) in [6, 6.07) is 10.5. The first kappa shape index (κ1) is 24.4. The van der Waals surface area contributed by atoms with Crippen LogP contribution in [0.5, 0.6) is 5.75 Å². The first-order valence-electron chi connectivity index (χ1n) is 9.65. The Hall–Kier alpha value is -2.83. The van der Waals surface area contributed by atoms with Crippen LogP contribution in [0.25, 0.3) is 0 Å². The van der Waals surface area contributed by atoms with Gasteiger partial charge in [-0.05, 0) is 70.2 Å². The third kappa shape index (κ3) is 6.84. The average Bonchev–Trinajstić information content (AvgIpc) is 2.68. The fraction of sp³-hybridized carbons (Fsp3) is 0.208. The minimum absolute atomic E-state index is 0.0261. The lowest BCUT2D eigenvalue weighted by Crippen LogP contribution is -2.16. The number of benzene rings is 2. The Morgan fingerprint density at radius 2 is 1.77 bits per heavy atom. The number of ether oxygens (including phenoxy) is 1. The molecule has 5 nitrogen and oxygen atoms in total. The molecule has 0 amide bonds. The van der Waals surface area contributed by atoms with Crippen LogP contribution in [0.2, 0.25) is 5.02 Å². The number of sulfonamides is 1. The molecule has 164 valence electrons. The zero-order valence-corrected chi connectivity index (χ0v) is 19.5. The van der Waals surface area contributed by atoms with Gasteiger partial charge in [0.1, 0.15) is 5.75 Å². The molecule has 2 aromatic carbocycles. The monoisotopic (exact) mass is 459 g/mol. The molecule has 31 heavy (non-hydrogen) atoms. The second-order valence-corrected chi connectivity index (χ2v) is 9.46. The molecule has 0 fully saturated rings. The van der Waals surface area contributed by atoms with Crippen molar-refractivity contribution < 1.29 is 17.9 Å². The number of carbonyl (C=O) groups is 1. The number of rotatable bonds is 9. The van der Waals surface area contributed by atoms with E-state index in [2.05, 4.69) is 11.3 Å². The number of allylic oxidation sites excluding steroid dienone is 5. The maximum Gasteiger partial charge on any atom is 0.261 e. The highest BCUT2D eigenvalue weighted by molar-refractivity contribution is 7.92. The largest absolute Gasteiger partial charge is 0.491 e. The molecule has 7 heteroatoms. The summed E-state index contributed by atoms with van der Waals surface area (Å²) in [5.41, 5.74) is 1.55. The molecule has 1 N–H and O–H groups in total. The number of hydrogen-bond donors (Lipinski definition) is 1. The molecule has 0 aliphatic carbocycles. The minimum atomic E-state index is -3.94. The number of Topliss-reactive ketones (excluding diaryl/α,β-unsaturated/α-hetero) is 1. The molecule has 0 spiro atoms. The van der Waals surface area contributed by atoms with Crippen molar-refractivity contribution in [1.82, 2.24) is 0 Å². The van der Waals surface area contributed by atoms with Crippen molar-refractivity contribution in [3.05, 3.63) is 89.0 Å². The summed E-state index contributed by atoms with van der Waals surface area (Å²) < 4.78 is 33.9. The summed E-state index contributed by atoms with van der Waals surface area (Å²) in [7, 11) is -3.94. The van der Waals surface area contributed by atoms with E-state index in [-0.39, 0.29) is 28.0 Å². The molecule has 0 saturated carbocycles. The van der Waals surface area contributed by atoms with Crippen molar-refractivity contribution in [2.75, 3.05) is 4.72 Å². The van der Waals surface area contributed by atoms with Gasteiger partial charge in [0, 0.05) is 16.2 Å². The lowest BCUT2D eigenvalue weighted by atomic mass is 10.00. The second-order valence-electron chi connectivity index (χ2n) is 7.34. The molecular weight excluding hydrogens is 434 g/mol.